The quantitative estimate of drug-likeness (QED) is 0.748. The summed E-state index contributed by atoms with van der Waals surface area (Å²) in [5.41, 5.74) is 1.67. The van der Waals surface area contributed by atoms with E-state index in [1.165, 1.54) is 0 Å². The van der Waals surface area contributed by atoms with E-state index in [2.05, 4.69) is 0 Å². The third-order valence-electron chi connectivity index (χ3n) is 5.98. The Morgan fingerprint density at radius 3 is 2.40 bits per heavy atom. The molecule has 2 fully saturated rings. The van der Waals surface area contributed by atoms with Crippen molar-refractivity contribution in [2.45, 2.75) is 36.6 Å². The van der Waals surface area contributed by atoms with Crippen LogP contribution in [0.4, 0.5) is 5.69 Å². The van der Waals surface area contributed by atoms with E-state index in [9.17, 15) is 13.2 Å². The third-order valence-corrected chi connectivity index (χ3v) is 7.91. The molecule has 1 atom stereocenters. The fourth-order valence-corrected chi connectivity index (χ4v) is 6.17. The first-order valence-electron chi connectivity index (χ1n) is 10.4. The van der Waals surface area contributed by atoms with Crippen molar-refractivity contribution >= 4 is 21.6 Å². The lowest BCUT2D eigenvalue weighted by molar-refractivity contribution is -0.117. The zero-order valence-corrected chi connectivity index (χ0v) is 17.4. The highest BCUT2D eigenvalue weighted by Crippen LogP contribution is 2.40. The smallest absolute Gasteiger partial charge is 0.243 e. The zero-order valence-electron chi connectivity index (χ0n) is 16.6. The summed E-state index contributed by atoms with van der Waals surface area (Å²) in [6.07, 6.45) is 2.95. The molecular weight excluding hydrogens is 404 g/mol. The maximum absolute atomic E-state index is 13.4. The van der Waals surface area contributed by atoms with Crippen LogP contribution in [0.3, 0.4) is 0 Å². The van der Waals surface area contributed by atoms with Crippen LogP contribution < -0.4 is 14.4 Å². The number of amides is 1. The van der Waals surface area contributed by atoms with Gasteiger partial charge in [-0.1, -0.05) is 6.07 Å². The molecule has 3 aliphatic rings. The van der Waals surface area contributed by atoms with Crippen molar-refractivity contribution in [2.75, 3.05) is 31.2 Å². The Labute approximate surface area is 176 Å². The van der Waals surface area contributed by atoms with Gasteiger partial charge in [0.15, 0.2) is 11.5 Å². The van der Waals surface area contributed by atoms with E-state index in [4.69, 9.17) is 9.47 Å². The van der Waals surface area contributed by atoms with Gasteiger partial charge in [0.1, 0.15) is 13.2 Å². The molecule has 30 heavy (non-hydrogen) atoms. The SMILES string of the molecule is O=C1CCCN1c1ccc(S(=O)(=O)N2CCC[C@@H]2c2ccc3c(c2)OCCO3)cc1. The van der Waals surface area contributed by atoms with Gasteiger partial charge >= 0.3 is 0 Å². The Morgan fingerprint density at radius 1 is 0.900 bits per heavy atom. The summed E-state index contributed by atoms with van der Waals surface area (Å²) < 4.78 is 39.6. The second-order valence-corrected chi connectivity index (χ2v) is 9.71. The van der Waals surface area contributed by atoms with Crippen molar-refractivity contribution in [3.05, 3.63) is 48.0 Å². The predicted molar refractivity (Wildman–Crippen MR) is 111 cm³/mol. The number of rotatable bonds is 4. The maximum atomic E-state index is 13.4. The van der Waals surface area contributed by atoms with Gasteiger partial charge in [0.25, 0.3) is 0 Å². The molecule has 3 heterocycles. The molecule has 0 spiro atoms. The van der Waals surface area contributed by atoms with Crippen molar-refractivity contribution in [1.29, 1.82) is 0 Å². The minimum absolute atomic E-state index is 0.0869. The van der Waals surface area contributed by atoms with Gasteiger partial charge in [-0.15, -0.1) is 0 Å². The maximum Gasteiger partial charge on any atom is 0.243 e. The highest BCUT2D eigenvalue weighted by molar-refractivity contribution is 7.89. The van der Waals surface area contributed by atoms with Gasteiger partial charge < -0.3 is 14.4 Å². The number of carbonyl (C=O) groups is 1. The Morgan fingerprint density at radius 2 is 1.67 bits per heavy atom. The van der Waals surface area contributed by atoms with E-state index in [1.807, 2.05) is 18.2 Å². The summed E-state index contributed by atoms with van der Waals surface area (Å²) in [6, 6.07) is 12.1. The van der Waals surface area contributed by atoms with Crippen LogP contribution in [-0.2, 0) is 14.8 Å². The van der Waals surface area contributed by atoms with Crippen LogP contribution in [0, 0.1) is 0 Å². The largest absolute Gasteiger partial charge is 0.486 e. The van der Waals surface area contributed by atoms with E-state index >= 15 is 0 Å². The molecule has 5 rings (SSSR count). The molecule has 0 aliphatic carbocycles. The van der Waals surface area contributed by atoms with E-state index < -0.39 is 10.0 Å². The van der Waals surface area contributed by atoms with Gasteiger partial charge in [-0.2, -0.15) is 4.31 Å². The Kier molecular flexibility index (Phi) is 4.91. The fraction of sp³-hybridized carbons (Fsp3) is 0.409. The Balaban J connectivity index is 1.41. The molecule has 8 heteroatoms. The van der Waals surface area contributed by atoms with Crippen LogP contribution >= 0.6 is 0 Å². The van der Waals surface area contributed by atoms with Gasteiger partial charge in [-0.25, -0.2) is 8.42 Å². The molecule has 2 aromatic carbocycles. The number of hydrogen-bond acceptors (Lipinski definition) is 5. The lowest BCUT2D eigenvalue weighted by Crippen LogP contribution is -2.31. The third kappa shape index (κ3) is 3.33. The number of ether oxygens (including phenoxy) is 2. The first kappa shape index (κ1) is 19.4. The first-order valence-corrected chi connectivity index (χ1v) is 11.8. The van der Waals surface area contributed by atoms with Crippen molar-refractivity contribution < 1.29 is 22.7 Å². The highest BCUT2D eigenvalue weighted by atomic mass is 32.2. The van der Waals surface area contributed by atoms with Gasteiger partial charge in [-0.3, -0.25) is 4.79 Å². The summed E-state index contributed by atoms with van der Waals surface area (Å²) >= 11 is 0. The van der Waals surface area contributed by atoms with Gasteiger partial charge in [0.2, 0.25) is 15.9 Å². The molecule has 2 aromatic rings. The topological polar surface area (TPSA) is 76.2 Å². The number of nitrogens with zero attached hydrogens (tertiary/aromatic N) is 2. The van der Waals surface area contributed by atoms with Gasteiger partial charge in [0, 0.05) is 25.2 Å². The van der Waals surface area contributed by atoms with E-state index in [0.717, 1.165) is 30.5 Å². The number of sulfonamides is 1. The van der Waals surface area contributed by atoms with Gasteiger partial charge in [-0.05, 0) is 61.2 Å². The molecule has 0 N–H and O–H groups in total. The molecule has 7 nitrogen and oxygen atoms in total. The van der Waals surface area contributed by atoms with E-state index in [0.29, 0.717) is 44.2 Å². The number of anilines is 1. The monoisotopic (exact) mass is 428 g/mol. The summed E-state index contributed by atoms with van der Waals surface area (Å²) in [5.74, 6) is 1.45. The molecule has 1 amide bonds. The average Bonchev–Trinajstić information content (AvgIpc) is 3.43. The van der Waals surface area contributed by atoms with Crippen molar-refractivity contribution in [1.82, 2.24) is 4.31 Å². The lowest BCUT2D eigenvalue weighted by Gasteiger charge is -2.26. The molecule has 0 bridgehead atoms. The minimum atomic E-state index is -3.65. The average molecular weight is 429 g/mol. The molecule has 2 saturated heterocycles. The molecule has 0 unspecified atom stereocenters. The lowest BCUT2D eigenvalue weighted by atomic mass is 10.0. The number of fused-ring (bicyclic) bond motifs is 1. The molecule has 3 aliphatic heterocycles. The van der Waals surface area contributed by atoms with E-state index in [1.54, 1.807) is 33.5 Å². The Hall–Kier alpha value is -2.58. The second kappa shape index (κ2) is 7.59. The fourth-order valence-electron chi connectivity index (χ4n) is 4.48. The van der Waals surface area contributed by atoms with Crippen molar-refractivity contribution in [3.8, 4) is 11.5 Å². The number of hydrogen-bond donors (Lipinski definition) is 0. The summed E-state index contributed by atoms with van der Waals surface area (Å²) in [7, 11) is -3.65. The highest BCUT2D eigenvalue weighted by Gasteiger charge is 2.37. The normalized spacial score (nSPS) is 21.9. The molecule has 0 saturated carbocycles. The standard InChI is InChI=1S/C22H24N2O5S/c25-22-4-2-11-23(22)17-6-8-18(9-7-17)30(26,27)24-12-1-3-19(24)16-5-10-20-21(15-16)29-14-13-28-20/h5-10,15,19H,1-4,11-14H2/t19-/m1/s1. The van der Waals surface area contributed by atoms with Crippen LogP contribution in [0.2, 0.25) is 0 Å². The number of carbonyl (C=O) groups excluding carboxylic acids is 1. The molecule has 158 valence electrons. The summed E-state index contributed by atoms with van der Waals surface area (Å²) in [5, 5.41) is 0. The molecule has 0 aromatic heterocycles. The van der Waals surface area contributed by atoms with E-state index in [-0.39, 0.29) is 16.8 Å². The summed E-state index contributed by atoms with van der Waals surface area (Å²) in [4.78, 5) is 13.9. The van der Waals surface area contributed by atoms with Crippen molar-refractivity contribution in [2.24, 2.45) is 0 Å². The van der Waals surface area contributed by atoms with Crippen LogP contribution in [0.25, 0.3) is 0 Å². The minimum Gasteiger partial charge on any atom is -0.486 e. The second-order valence-electron chi connectivity index (χ2n) is 7.82. The summed E-state index contributed by atoms with van der Waals surface area (Å²) in [6.45, 7) is 2.18. The molecule has 0 radical (unpaired) electrons. The van der Waals surface area contributed by atoms with Gasteiger partial charge in [0.05, 0.1) is 10.9 Å². The van der Waals surface area contributed by atoms with Crippen LogP contribution in [0.1, 0.15) is 37.3 Å². The van der Waals surface area contributed by atoms with Crippen LogP contribution in [0.15, 0.2) is 47.4 Å². The Bertz CT molecular complexity index is 1070. The molecular formula is C22H24N2O5S. The first-order chi connectivity index (χ1) is 14.5. The van der Waals surface area contributed by atoms with Crippen LogP contribution in [0.5, 0.6) is 11.5 Å². The number of benzene rings is 2. The van der Waals surface area contributed by atoms with Crippen molar-refractivity contribution in [3.63, 3.8) is 0 Å². The van der Waals surface area contributed by atoms with Crippen LogP contribution in [-0.4, -0.2) is 44.9 Å². The predicted octanol–water partition coefficient (Wildman–Crippen LogP) is 3.11. The zero-order chi connectivity index (χ0) is 20.7.